The molecule has 0 spiro atoms. The second-order valence-corrected chi connectivity index (χ2v) is 6.02. The average Bonchev–Trinajstić information content (AvgIpc) is 2.55. The quantitative estimate of drug-likeness (QED) is 0.789. The maximum atomic E-state index is 13.2. The van der Waals surface area contributed by atoms with Gasteiger partial charge in [0.05, 0.1) is 0 Å². The highest BCUT2D eigenvalue weighted by molar-refractivity contribution is 6.08. The number of rotatable bonds is 4. The van der Waals surface area contributed by atoms with E-state index in [-0.39, 0.29) is 11.3 Å². The molecule has 0 radical (unpaired) electrons. The Hall–Kier alpha value is -2.07. The third-order valence-corrected chi connectivity index (χ3v) is 4.20. The monoisotopic (exact) mass is 315 g/mol. The van der Waals surface area contributed by atoms with Gasteiger partial charge in [-0.15, -0.1) is 0 Å². The normalized spacial score (nSPS) is 15.6. The summed E-state index contributed by atoms with van der Waals surface area (Å²) in [4.78, 5) is 14.7. The molecule has 3 rings (SSSR count). The number of benzene rings is 2. The van der Waals surface area contributed by atoms with Gasteiger partial charge in [0.15, 0.2) is 5.78 Å². The number of carbonyl (C=O) groups is 1. The molecule has 2 aromatic carbocycles. The van der Waals surface area contributed by atoms with Gasteiger partial charge in [0.1, 0.15) is 11.6 Å². The van der Waals surface area contributed by atoms with E-state index in [9.17, 15) is 13.6 Å². The zero-order valence-electron chi connectivity index (χ0n) is 12.9. The summed E-state index contributed by atoms with van der Waals surface area (Å²) in [5.74, 6) is -1.85. The highest BCUT2D eigenvalue weighted by Crippen LogP contribution is 2.16. The van der Waals surface area contributed by atoms with Crippen molar-refractivity contribution in [3.8, 4) is 0 Å². The van der Waals surface area contributed by atoms with Gasteiger partial charge in [-0.25, -0.2) is 8.78 Å². The van der Waals surface area contributed by atoms with E-state index in [0.717, 1.165) is 43.4 Å². The third kappa shape index (κ3) is 4.02. The number of halogens is 2. The molecule has 1 aliphatic rings. The van der Waals surface area contributed by atoms with Gasteiger partial charge in [-0.05, 0) is 43.6 Å². The predicted octanol–water partition coefficient (Wildman–Crippen LogP) is 4.18. The number of piperidine rings is 1. The Bertz CT molecular complexity index is 671. The fraction of sp³-hybridized carbons (Fsp3) is 0.316. The lowest BCUT2D eigenvalue weighted by Crippen LogP contribution is -2.29. The second kappa shape index (κ2) is 7.01. The van der Waals surface area contributed by atoms with E-state index in [0.29, 0.717) is 5.56 Å². The fourth-order valence-corrected chi connectivity index (χ4v) is 2.99. The summed E-state index contributed by atoms with van der Waals surface area (Å²) < 4.78 is 26.5. The van der Waals surface area contributed by atoms with Crippen LogP contribution in [0.2, 0.25) is 0 Å². The van der Waals surface area contributed by atoms with Crippen LogP contribution < -0.4 is 0 Å². The van der Waals surface area contributed by atoms with Crippen molar-refractivity contribution in [2.75, 3.05) is 13.1 Å². The van der Waals surface area contributed by atoms with Gasteiger partial charge in [0.25, 0.3) is 0 Å². The zero-order chi connectivity index (χ0) is 16.2. The Labute approximate surface area is 134 Å². The van der Waals surface area contributed by atoms with Crippen molar-refractivity contribution in [1.82, 2.24) is 4.90 Å². The molecule has 0 aliphatic carbocycles. The molecule has 1 heterocycles. The minimum Gasteiger partial charge on any atom is -0.299 e. The first-order valence-electron chi connectivity index (χ1n) is 7.94. The average molecular weight is 315 g/mol. The molecule has 0 amide bonds. The Morgan fingerprint density at radius 1 is 0.870 bits per heavy atom. The second-order valence-electron chi connectivity index (χ2n) is 6.02. The van der Waals surface area contributed by atoms with Crippen molar-refractivity contribution in [2.45, 2.75) is 25.8 Å². The lowest BCUT2D eigenvalue weighted by molar-refractivity contribution is 0.103. The SMILES string of the molecule is O=C(c1ccc(CN2CCCCC2)cc1)c1cc(F)cc(F)c1. The van der Waals surface area contributed by atoms with Crippen LogP contribution in [0.1, 0.15) is 40.7 Å². The van der Waals surface area contributed by atoms with E-state index in [2.05, 4.69) is 4.90 Å². The standard InChI is InChI=1S/C19H19F2NO/c20-17-10-16(11-18(21)12-17)19(23)15-6-4-14(5-7-15)13-22-8-2-1-3-9-22/h4-7,10-12H,1-3,8-9,13H2. The summed E-state index contributed by atoms with van der Waals surface area (Å²) in [5, 5.41) is 0. The van der Waals surface area contributed by atoms with Crippen LogP contribution in [0, 0.1) is 11.6 Å². The van der Waals surface area contributed by atoms with Crippen LogP contribution in [-0.2, 0) is 6.54 Å². The van der Waals surface area contributed by atoms with Crippen molar-refractivity contribution in [1.29, 1.82) is 0 Å². The van der Waals surface area contributed by atoms with Crippen molar-refractivity contribution in [2.24, 2.45) is 0 Å². The maximum absolute atomic E-state index is 13.2. The summed E-state index contributed by atoms with van der Waals surface area (Å²) in [6.07, 6.45) is 3.78. The predicted molar refractivity (Wildman–Crippen MR) is 85.4 cm³/mol. The molecule has 0 aromatic heterocycles. The van der Waals surface area contributed by atoms with Crippen LogP contribution >= 0.6 is 0 Å². The Morgan fingerprint density at radius 2 is 1.48 bits per heavy atom. The highest BCUT2D eigenvalue weighted by Gasteiger charge is 2.13. The van der Waals surface area contributed by atoms with Crippen LogP contribution in [0.3, 0.4) is 0 Å². The largest absolute Gasteiger partial charge is 0.299 e. The van der Waals surface area contributed by atoms with Crippen LogP contribution in [0.4, 0.5) is 8.78 Å². The zero-order valence-corrected chi connectivity index (χ0v) is 12.9. The van der Waals surface area contributed by atoms with Gasteiger partial charge in [-0.2, -0.15) is 0 Å². The number of nitrogens with zero attached hydrogens (tertiary/aromatic N) is 1. The van der Waals surface area contributed by atoms with Crippen LogP contribution in [-0.4, -0.2) is 23.8 Å². The van der Waals surface area contributed by atoms with Gasteiger partial charge in [0.2, 0.25) is 0 Å². The smallest absolute Gasteiger partial charge is 0.193 e. The molecule has 120 valence electrons. The van der Waals surface area contributed by atoms with Crippen LogP contribution in [0.25, 0.3) is 0 Å². The first-order valence-corrected chi connectivity index (χ1v) is 7.94. The molecule has 0 atom stereocenters. The number of hydrogen-bond donors (Lipinski definition) is 0. The van der Waals surface area contributed by atoms with Crippen LogP contribution in [0.5, 0.6) is 0 Å². The third-order valence-electron chi connectivity index (χ3n) is 4.20. The fourth-order valence-electron chi connectivity index (χ4n) is 2.99. The van der Waals surface area contributed by atoms with Gasteiger partial charge in [0, 0.05) is 23.7 Å². The molecule has 2 aromatic rings. The Kier molecular flexibility index (Phi) is 4.82. The maximum Gasteiger partial charge on any atom is 0.193 e. The van der Waals surface area contributed by atoms with Gasteiger partial charge < -0.3 is 0 Å². The summed E-state index contributed by atoms with van der Waals surface area (Å²) >= 11 is 0. The first kappa shape index (κ1) is 15.8. The van der Waals surface area contributed by atoms with Gasteiger partial charge in [-0.3, -0.25) is 9.69 Å². The molecule has 1 aliphatic heterocycles. The van der Waals surface area contributed by atoms with E-state index in [4.69, 9.17) is 0 Å². The molecule has 2 nitrogen and oxygen atoms in total. The number of hydrogen-bond acceptors (Lipinski definition) is 2. The first-order chi connectivity index (χ1) is 11.1. The van der Waals surface area contributed by atoms with E-state index >= 15 is 0 Å². The lowest BCUT2D eigenvalue weighted by atomic mass is 10.0. The van der Waals surface area contributed by atoms with Gasteiger partial charge in [-0.1, -0.05) is 30.7 Å². The van der Waals surface area contributed by atoms with Crippen molar-refractivity contribution in [3.63, 3.8) is 0 Å². The van der Waals surface area contributed by atoms with Crippen molar-refractivity contribution >= 4 is 5.78 Å². The Balaban J connectivity index is 1.72. The molecule has 23 heavy (non-hydrogen) atoms. The lowest BCUT2D eigenvalue weighted by Gasteiger charge is -2.26. The molecule has 4 heteroatoms. The number of carbonyl (C=O) groups excluding carboxylic acids is 1. The molecule has 1 fully saturated rings. The summed E-state index contributed by atoms with van der Waals surface area (Å²) in [6.45, 7) is 3.11. The number of ketones is 1. The summed E-state index contributed by atoms with van der Waals surface area (Å²) in [6, 6.07) is 10.2. The molecular formula is C19H19F2NO. The molecule has 0 N–H and O–H groups in total. The van der Waals surface area contributed by atoms with E-state index in [1.54, 1.807) is 12.1 Å². The number of likely N-dealkylation sites (tertiary alicyclic amines) is 1. The minimum atomic E-state index is -0.741. The van der Waals surface area contributed by atoms with Crippen LogP contribution in [0.15, 0.2) is 42.5 Å². The van der Waals surface area contributed by atoms with Crippen molar-refractivity contribution in [3.05, 3.63) is 70.8 Å². The van der Waals surface area contributed by atoms with E-state index < -0.39 is 11.6 Å². The van der Waals surface area contributed by atoms with Crippen molar-refractivity contribution < 1.29 is 13.6 Å². The Morgan fingerprint density at radius 3 is 2.09 bits per heavy atom. The molecular weight excluding hydrogens is 296 g/mol. The molecule has 1 saturated heterocycles. The van der Waals surface area contributed by atoms with E-state index in [1.165, 1.54) is 19.3 Å². The highest BCUT2D eigenvalue weighted by atomic mass is 19.1. The summed E-state index contributed by atoms with van der Waals surface area (Å²) in [7, 11) is 0. The minimum absolute atomic E-state index is 0.0336. The molecule has 0 saturated carbocycles. The topological polar surface area (TPSA) is 20.3 Å². The molecule has 0 unspecified atom stereocenters. The summed E-state index contributed by atoms with van der Waals surface area (Å²) in [5.41, 5.74) is 1.62. The van der Waals surface area contributed by atoms with E-state index in [1.807, 2.05) is 12.1 Å². The molecule has 0 bridgehead atoms. The van der Waals surface area contributed by atoms with Gasteiger partial charge >= 0.3 is 0 Å².